The third-order valence-electron chi connectivity index (χ3n) is 14.6. The van der Waals surface area contributed by atoms with E-state index in [1.165, 1.54) is 38.5 Å². The molecule has 6 atom stereocenters. The number of hydrogen-bond acceptors (Lipinski definition) is 9. The largest absolute Gasteiger partial charge is 0.492 e. The van der Waals surface area contributed by atoms with E-state index in [1.54, 1.807) is 6.08 Å². The van der Waals surface area contributed by atoms with Gasteiger partial charge in [-0.05, 0) is 91.0 Å². The van der Waals surface area contributed by atoms with Crippen molar-refractivity contribution in [3.63, 3.8) is 0 Å². The lowest BCUT2D eigenvalue weighted by Crippen LogP contribution is -2.70. The van der Waals surface area contributed by atoms with Gasteiger partial charge in [0.15, 0.2) is 0 Å². The second-order valence-corrected chi connectivity index (χ2v) is 19.1. The lowest BCUT2D eigenvalue weighted by molar-refractivity contribution is -0.258. The molecule has 10 nitrogen and oxygen atoms in total. The number of allylic oxidation sites excluding steroid dienone is 1. The number of carbonyl (C=O) groups excluding carboxylic acids is 1. The van der Waals surface area contributed by atoms with Gasteiger partial charge < -0.3 is 34.2 Å². The molecule has 360 valence electrons. The van der Waals surface area contributed by atoms with Gasteiger partial charge in [0.05, 0.1) is 18.2 Å². The molecule has 3 aromatic rings. The van der Waals surface area contributed by atoms with Gasteiger partial charge in [0, 0.05) is 63.7 Å². The Bertz CT molecular complexity index is 2060. The molecule has 2 aliphatic heterocycles. The van der Waals surface area contributed by atoms with Crippen molar-refractivity contribution in [2.24, 2.45) is 22.9 Å². The van der Waals surface area contributed by atoms with E-state index < -0.39 is 11.8 Å². The van der Waals surface area contributed by atoms with Gasteiger partial charge >= 0.3 is 0 Å². The highest BCUT2D eigenvalue weighted by Crippen LogP contribution is 2.62. The molecule has 7 rings (SSSR count). The fourth-order valence-electron chi connectivity index (χ4n) is 11.2. The SMILES string of the molecule is C=CCOC12Oc3ccc(OCCN4CC4)cc3C3C(CCCCO)C(CCCCO)C=C(C(=NOCC)CC1N(Cc1cccc4ccccc14)C(=O)CCCCCCCCCCC)C32. The van der Waals surface area contributed by atoms with Crippen LogP contribution in [0.3, 0.4) is 0 Å². The number of nitrogens with zero attached hydrogens (tertiary/aromatic N) is 3. The molecule has 0 bridgehead atoms. The van der Waals surface area contributed by atoms with Crippen molar-refractivity contribution < 1.29 is 34.1 Å². The van der Waals surface area contributed by atoms with Crippen molar-refractivity contribution in [2.75, 3.05) is 52.7 Å². The average Bonchev–Trinajstić information content (AvgIpc) is 4.17. The molecule has 10 heteroatoms. The van der Waals surface area contributed by atoms with Crippen LogP contribution >= 0.6 is 0 Å². The summed E-state index contributed by atoms with van der Waals surface area (Å²) < 4.78 is 21.3. The number of oxime groups is 1. The van der Waals surface area contributed by atoms with E-state index in [9.17, 15) is 10.2 Å². The van der Waals surface area contributed by atoms with Crippen LogP contribution < -0.4 is 9.47 Å². The quantitative estimate of drug-likeness (QED) is 0.0294. The molecular formula is C56H79N3O7. The van der Waals surface area contributed by atoms with Gasteiger partial charge in [0.2, 0.25) is 11.7 Å². The first-order chi connectivity index (χ1) is 32.5. The molecule has 3 aromatic carbocycles. The minimum atomic E-state index is -1.31. The fraction of sp³-hybridized carbons (Fsp3) is 0.607. The maximum Gasteiger partial charge on any atom is 0.239 e. The second kappa shape index (κ2) is 25.2. The van der Waals surface area contributed by atoms with E-state index in [-0.39, 0.29) is 49.4 Å². The Morgan fingerprint density at radius 3 is 2.39 bits per heavy atom. The monoisotopic (exact) mass is 906 g/mol. The van der Waals surface area contributed by atoms with Gasteiger partial charge in [-0.25, -0.2) is 0 Å². The summed E-state index contributed by atoms with van der Waals surface area (Å²) in [7, 11) is 0. The van der Waals surface area contributed by atoms with Crippen molar-refractivity contribution in [2.45, 2.75) is 147 Å². The average molecular weight is 906 g/mol. The molecule has 2 N–H and O–H groups in total. The number of hydrogen-bond donors (Lipinski definition) is 2. The van der Waals surface area contributed by atoms with Crippen molar-refractivity contribution in [1.82, 2.24) is 9.80 Å². The number of rotatable bonds is 30. The predicted octanol–water partition coefficient (Wildman–Crippen LogP) is 11.1. The molecule has 0 aromatic heterocycles. The van der Waals surface area contributed by atoms with E-state index in [2.05, 4.69) is 84.0 Å². The summed E-state index contributed by atoms with van der Waals surface area (Å²) in [5.74, 6) is 0.159. The number of fused-ring (bicyclic) bond motifs is 3. The smallest absolute Gasteiger partial charge is 0.239 e. The Hall–Kier alpha value is -4.22. The van der Waals surface area contributed by atoms with E-state index in [1.807, 2.05) is 13.0 Å². The maximum atomic E-state index is 15.4. The van der Waals surface area contributed by atoms with Crippen LogP contribution in [-0.2, 0) is 20.9 Å². The lowest BCUT2D eigenvalue weighted by atomic mass is 9.55. The van der Waals surface area contributed by atoms with Gasteiger partial charge in [-0.3, -0.25) is 9.69 Å². The standard InChI is InChI=1S/C56H79N3O7/c1-4-7-8-9-10-11-12-13-14-28-53(62)59(41-44-25-21-24-42-22-15-16-26-46(42)44)52-40-50(57-65-6-3)48-38-43(23-17-19-34-60)47(27-18-20-35-61)54-49-39-45(63-37-33-58-31-32-58)29-30-51(49)66-56(52,55(48)54)64-36-5-2/h5,15-16,21-22,24-26,29-30,38-39,43,47,52,54-55,60-61H,2,4,6-14,17-20,23,27-28,31-37,40-41H2,1,3H3. The van der Waals surface area contributed by atoms with Gasteiger partial charge in [-0.1, -0.05) is 131 Å². The molecule has 0 spiro atoms. The van der Waals surface area contributed by atoms with Gasteiger partial charge in [-0.15, -0.1) is 6.58 Å². The maximum absolute atomic E-state index is 15.4. The molecular weight excluding hydrogens is 827 g/mol. The normalized spacial score (nSPS) is 23.7. The molecule has 6 unspecified atom stereocenters. The van der Waals surface area contributed by atoms with Gasteiger partial charge in [0.25, 0.3) is 0 Å². The first-order valence-corrected chi connectivity index (χ1v) is 25.8. The zero-order chi connectivity index (χ0) is 46.1. The summed E-state index contributed by atoms with van der Waals surface area (Å²) in [5, 5.41) is 27.2. The lowest BCUT2D eigenvalue weighted by Gasteiger charge is -2.60. The first-order valence-electron chi connectivity index (χ1n) is 25.8. The molecule has 4 aliphatic rings. The van der Waals surface area contributed by atoms with Crippen molar-refractivity contribution in [3.8, 4) is 11.5 Å². The van der Waals surface area contributed by atoms with Crippen LogP contribution in [0.5, 0.6) is 11.5 Å². The van der Waals surface area contributed by atoms with Crippen LogP contribution in [0.15, 0.2) is 90.1 Å². The molecule has 1 amide bonds. The van der Waals surface area contributed by atoms with E-state index in [0.29, 0.717) is 39.0 Å². The molecule has 1 saturated carbocycles. The Morgan fingerprint density at radius 1 is 0.909 bits per heavy atom. The minimum absolute atomic E-state index is 0.0823. The summed E-state index contributed by atoms with van der Waals surface area (Å²) in [5.41, 5.74) is 4.03. The van der Waals surface area contributed by atoms with Crippen LogP contribution in [0.2, 0.25) is 0 Å². The number of unbranched alkanes of at least 4 members (excludes halogenated alkanes) is 10. The third-order valence-corrected chi connectivity index (χ3v) is 14.6. The summed E-state index contributed by atoms with van der Waals surface area (Å²) >= 11 is 0. The molecule has 1 saturated heterocycles. The first kappa shape index (κ1) is 49.7. The van der Waals surface area contributed by atoms with Gasteiger partial charge in [0.1, 0.15) is 30.8 Å². The van der Waals surface area contributed by atoms with E-state index in [4.69, 9.17) is 24.2 Å². The number of aliphatic hydroxyl groups is 2. The Labute approximate surface area is 395 Å². The molecule has 2 aliphatic carbocycles. The van der Waals surface area contributed by atoms with Crippen LogP contribution in [0, 0.1) is 17.8 Å². The highest BCUT2D eigenvalue weighted by molar-refractivity contribution is 6.03. The van der Waals surface area contributed by atoms with Crippen molar-refractivity contribution in [3.05, 3.63) is 96.1 Å². The zero-order valence-corrected chi connectivity index (χ0v) is 40.2. The van der Waals surface area contributed by atoms with Crippen molar-refractivity contribution >= 4 is 22.4 Å². The zero-order valence-electron chi connectivity index (χ0n) is 40.2. The van der Waals surface area contributed by atoms with Crippen LogP contribution in [-0.4, -0.2) is 96.1 Å². The molecule has 0 radical (unpaired) electrons. The number of benzene rings is 3. The highest BCUT2D eigenvalue weighted by Gasteiger charge is 2.65. The number of carbonyl (C=O) groups is 1. The summed E-state index contributed by atoms with van der Waals surface area (Å²) in [6.45, 7) is 13.4. The summed E-state index contributed by atoms with van der Waals surface area (Å²) in [4.78, 5) is 25.8. The van der Waals surface area contributed by atoms with Crippen LogP contribution in [0.1, 0.15) is 140 Å². The summed E-state index contributed by atoms with van der Waals surface area (Å²) in [6, 6.07) is 20.5. The summed E-state index contributed by atoms with van der Waals surface area (Å²) in [6.07, 6.45) is 20.5. The van der Waals surface area contributed by atoms with Crippen LogP contribution in [0.4, 0.5) is 0 Å². The van der Waals surface area contributed by atoms with E-state index >= 15 is 4.79 Å². The van der Waals surface area contributed by atoms with Crippen LogP contribution in [0.25, 0.3) is 10.8 Å². The Morgan fingerprint density at radius 2 is 1.65 bits per heavy atom. The highest BCUT2D eigenvalue weighted by atomic mass is 16.7. The Balaban J connectivity index is 1.35. The number of ether oxygens (including phenoxy) is 3. The number of aliphatic hydroxyl groups excluding tert-OH is 2. The third kappa shape index (κ3) is 12.3. The topological polar surface area (TPSA) is 113 Å². The molecule has 2 fully saturated rings. The minimum Gasteiger partial charge on any atom is -0.492 e. The predicted molar refractivity (Wildman–Crippen MR) is 265 cm³/mol. The van der Waals surface area contributed by atoms with Crippen molar-refractivity contribution in [1.29, 1.82) is 0 Å². The second-order valence-electron chi connectivity index (χ2n) is 19.1. The van der Waals surface area contributed by atoms with E-state index in [0.717, 1.165) is 116 Å². The Kier molecular flexibility index (Phi) is 19.0. The molecule has 66 heavy (non-hydrogen) atoms. The fourth-order valence-corrected chi connectivity index (χ4v) is 11.2. The van der Waals surface area contributed by atoms with Gasteiger partial charge in [-0.2, -0.15) is 0 Å². The molecule has 2 heterocycles. The number of amides is 1.